The molecule has 2 aromatic rings. The smallest absolute Gasteiger partial charge is 0.339 e. The Hall–Kier alpha value is -3.15. The van der Waals surface area contributed by atoms with Crippen molar-refractivity contribution < 1.29 is 29.3 Å². The van der Waals surface area contributed by atoms with Crippen molar-refractivity contribution in [2.24, 2.45) is 0 Å². The van der Waals surface area contributed by atoms with Crippen molar-refractivity contribution in [1.29, 1.82) is 0 Å². The van der Waals surface area contributed by atoms with Gasteiger partial charge in [0.2, 0.25) is 0 Å². The summed E-state index contributed by atoms with van der Waals surface area (Å²) in [7, 11) is 0. The van der Waals surface area contributed by atoms with E-state index in [1.165, 1.54) is 19.1 Å². The van der Waals surface area contributed by atoms with Crippen molar-refractivity contribution in [1.82, 2.24) is 0 Å². The minimum atomic E-state index is -1.11. The third-order valence-electron chi connectivity index (χ3n) is 2.57. The van der Waals surface area contributed by atoms with E-state index in [1.807, 2.05) is 18.2 Å². The summed E-state index contributed by atoms with van der Waals surface area (Å²) in [4.78, 5) is 31.4. The number of carboxylic acids is 2. The summed E-state index contributed by atoms with van der Waals surface area (Å²) >= 11 is 0. The zero-order valence-electron chi connectivity index (χ0n) is 12.4. The molecule has 6 nitrogen and oxygen atoms in total. The summed E-state index contributed by atoms with van der Waals surface area (Å²) in [6.45, 7) is 1.22. The highest BCUT2D eigenvalue weighted by Gasteiger charge is 2.10. The van der Waals surface area contributed by atoms with E-state index in [4.69, 9.17) is 10.2 Å². The number of aliphatic carboxylic acids is 1. The summed E-state index contributed by atoms with van der Waals surface area (Å²) in [6, 6.07) is 15.1. The molecule has 0 amide bonds. The van der Waals surface area contributed by atoms with Crippen molar-refractivity contribution in [3.8, 4) is 5.75 Å². The molecule has 0 saturated heterocycles. The average Bonchev–Trinajstić information content (AvgIpc) is 2.48. The first-order valence-corrected chi connectivity index (χ1v) is 6.66. The Balaban J connectivity index is 0.000000238. The molecule has 0 heterocycles. The summed E-state index contributed by atoms with van der Waals surface area (Å²) < 4.78 is 4.69. The number of rotatable bonds is 4. The Morgan fingerprint density at radius 3 is 2.00 bits per heavy atom. The fourth-order valence-corrected chi connectivity index (χ4v) is 1.66. The first-order chi connectivity index (χ1) is 10.9. The Bertz CT molecular complexity index is 678. The van der Waals surface area contributed by atoms with Gasteiger partial charge in [0.05, 0.1) is 6.42 Å². The molecule has 0 atom stereocenters. The quantitative estimate of drug-likeness (QED) is 0.664. The monoisotopic (exact) mass is 316 g/mol. The predicted molar refractivity (Wildman–Crippen MR) is 82.5 cm³/mol. The Morgan fingerprint density at radius 2 is 1.48 bits per heavy atom. The van der Waals surface area contributed by atoms with Crippen LogP contribution in [0.2, 0.25) is 0 Å². The van der Waals surface area contributed by atoms with Crippen molar-refractivity contribution in [2.45, 2.75) is 13.3 Å². The van der Waals surface area contributed by atoms with Crippen molar-refractivity contribution in [2.75, 3.05) is 0 Å². The van der Waals surface area contributed by atoms with Gasteiger partial charge in [0.15, 0.2) is 0 Å². The van der Waals surface area contributed by atoms with Gasteiger partial charge in [-0.05, 0) is 17.7 Å². The van der Waals surface area contributed by atoms with E-state index in [-0.39, 0.29) is 17.7 Å². The van der Waals surface area contributed by atoms with E-state index in [9.17, 15) is 14.4 Å². The molecule has 0 spiro atoms. The summed E-state index contributed by atoms with van der Waals surface area (Å²) in [5.41, 5.74) is 0.827. The van der Waals surface area contributed by atoms with Crippen molar-refractivity contribution in [3.05, 3.63) is 65.7 Å². The number of esters is 1. The highest BCUT2D eigenvalue weighted by atomic mass is 16.5. The number of carbonyl (C=O) groups is 3. The molecule has 0 unspecified atom stereocenters. The number of carbonyl (C=O) groups excluding carboxylic acids is 1. The Kier molecular flexibility index (Phi) is 7.00. The van der Waals surface area contributed by atoms with Crippen LogP contribution in [0.25, 0.3) is 0 Å². The van der Waals surface area contributed by atoms with Crippen LogP contribution >= 0.6 is 0 Å². The largest absolute Gasteiger partial charge is 0.481 e. The predicted octanol–water partition coefficient (Wildman–Crippen LogP) is 2.62. The van der Waals surface area contributed by atoms with Crippen LogP contribution in [0.15, 0.2) is 54.6 Å². The van der Waals surface area contributed by atoms with E-state index in [0.717, 1.165) is 5.56 Å². The van der Waals surface area contributed by atoms with Crippen LogP contribution < -0.4 is 4.74 Å². The second-order valence-electron chi connectivity index (χ2n) is 4.45. The SMILES string of the molecule is CC(=O)Oc1ccccc1C(=O)O.O=C(O)Cc1ccccc1. The highest BCUT2D eigenvalue weighted by molar-refractivity contribution is 5.91. The van der Waals surface area contributed by atoms with Gasteiger partial charge in [0, 0.05) is 6.92 Å². The van der Waals surface area contributed by atoms with Crippen LogP contribution in [-0.2, 0) is 16.0 Å². The number of hydrogen-bond acceptors (Lipinski definition) is 4. The first-order valence-electron chi connectivity index (χ1n) is 6.66. The average molecular weight is 316 g/mol. The van der Waals surface area contributed by atoms with Crippen LogP contribution in [0, 0.1) is 0 Å². The number of hydrogen-bond donors (Lipinski definition) is 2. The third kappa shape index (κ3) is 6.90. The normalized spacial score (nSPS) is 9.26. The lowest BCUT2D eigenvalue weighted by molar-refractivity contribution is -0.136. The number of benzene rings is 2. The second-order valence-corrected chi connectivity index (χ2v) is 4.45. The third-order valence-corrected chi connectivity index (χ3v) is 2.57. The van der Waals surface area contributed by atoms with Crippen LogP contribution in [0.3, 0.4) is 0 Å². The van der Waals surface area contributed by atoms with Gasteiger partial charge in [-0.25, -0.2) is 4.79 Å². The number of ether oxygens (including phenoxy) is 1. The molecule has 0 aromatic heterocycles. The standard InChI is InChI=1S/C9H8O4.C8H8O2/c1-6(10)13-8-5-3-2-4-7(8)9(11)12;9-8(10)6-7-4-2-1-3-5-7/h2-5H,1H3,(H,11,12);1-5H,6H2,(H,9,10). The maximum Gasteiger partial charge on any atom is 0.339 e. The lowest BCUT2D eigenvalue weighted by Crippen LogP contribution is -2.06. The van der Waals surface area contributed by atoms with Gasteiger partial charge in [-0.1, -0.05) is 42.5 Å². The number of para-hydroxylation sites is 1. The number of carboxylic acid groups (broad SMARTS) is 2. The molecule has 0 saturated carbocycles. The lowest BCUT2D eigenvalue weighted by Gasteiger charge is -2.03. The topological polar surface area (TPSA) is 101 Å². The number of aromatic carboxylic acids is 1. The van der Waals surface area contributed by atoms with Gasteiger partial charge in [0.1, 0.15) is 11.3 Å². The molecule has 6 heteroatoms. The molecular weight excluding hydrogens is 300 g/mol. The molecule has 0 radical (unpaired) electrons. The van der Waals surface area contributed by atoms with Gasteiger partial charge >= 0.3 is 17.9 Å². The fraction of sp³-hybridized carbons (Fsp3) is 0.118. The fourth-order valence-electron chi connectivity index (χ4n) is 1.66. The van der Waals surface area contributed by atoms with E-state index in [1.54, 1.807) is 24.3 Å². The Morgan fingerprint density at radius 1 is 0.913 bits per heavy atom. The van der Waals surface area contributed by atoms with E-state index < -0.39 is 17.9 Å². The lowest BCUT2D eigenvalue weighted by atomic mass is 10.2. The zero-order chi connectivity index (χ0) is 17.2. The molecule has 0 fully saturated rings. The van der Waals surface area contributed by atoms with Crippen LogP contribution in [0.4, 0.5) is 0 Å². The summed E-state index contributed by atoms with van der Waals surface area (Å²) in [5.74, 6) is -2.36. The maximum absolute atomic E-state index is 10.6. The Labute approximate surface area is 133 Å². The van der Waals surface area contributed by atoms with Crippen LogP contribution in [0.1, 0.15) is 22.8 Å². The van der Waals surface area contributed by atoms with Gasteiger partial charge in [-0.15, -0.1) is 0 Å². The van der Waals surface area contributed by atoms with Gasteiger partial charge in [-0.3, -0.25) is 9.59 Å². The van der Waals surface area contributed by atoms with Crippen LogP contribution in [0.5, 0.6) is 5.75 Å². The van der Waals surface area contributed by atoms with E-state index in [0.29, 0.717) is 0 Å². The van der Waals surface area contributed by atoms with E-state index in [2.05, 4.69) is 4.74 Å². The van der Waals surface area contributed by atoms with Crippen LogP contribution in [-0.4, -0.2) is 28.1 Å². The molecular formula is C17H16O6. The minimum absolute atomic E-state index is 0.0160. The van der Waals surface area contributed by atoms with Gasteiger partial charge in [-0.2, -0.15) is 0 Å². The maximum atomic E-state index is 10.6. The molecule has 2 aromatic carbocycles. The molecule has 0 aliphatic heterocycles. The van der Waals surface area contributed by atoms with Gasteiger partial charge < -0.3 is 14.9 Å². The second kappa shape index (κ2) is 8.99. The molecule has 0 aliphatic rings. The summed E-state index contributed by atoms with van der Waals surface area (Å²) in [5, 5.41) is 17.1. The van der Waals surface area contributed by atoms with E-state index >= 15 is 0 Å². The highest BCUT2D eigenvalue weighted by Crippen LogP contribution is 2.17. The molecule has 0 aliphatic carbocycles. The molecule has 23 heavy (non-hydrogen) atoms. The van der Waals surface area contributed by atoms with Gasteiger partial charge in [0.25, 0.3) is 0 Å². The first kappa shape index (κ1) is 17.9. The zero-order valence-corrected chi connectivity index (χ0v) is 12.4. The molecule has 0 bridgehead atoms. The molecule has 2 N–H and O–H groups in total. The minimum Gasteiger partial charge on any atom is -0.481 e. The molecule has 2 rings (SSSR count). The van der Waals surface area contributed by atoms with Crippen molar-refractivity contribution >= 4 is 17.9 Å². The summed E-state index contributed by atoms with van der Waals surface area (Å²) in [6.07, 6.45) is 0.112. The molecule has 120 valence electrons. The van der Waals surface area contributed by atoms with Crippen molar-refractivity contribution in [3.63, 3.8) is 0 Å².